The SMILES string of the molecule is CCCCCCCCCCCCCCCCCCCCCC(O)CC(=O)NC(COP(=O)(O)OCCN)C(O)CCCCCCCCCCC. The Bertz CT molecular complexity index is 776. The van der Waals surface area contributed by atoms with E-state index in [1.165, 1.54) is 141 Å². The highest BCUT2D eigenvalue weighted by molar-refractivity contribution is 7.47. The zero-order valence-corrected chi connectivity index (χ0v) is 33.7. The van der Waals surface area contributed by atoms with Gasteiger partial charge in [0.1, 0.15) is 0 Å². The summed E-state index contributed by atoms with van der Waals surface area (Å²) in [6, 6.07) is -0.888. The average molecular weight is 735 g/mol. The molecule has 0 aromatic heterocycles. The first-order chi connectivity index (χ1) is 24.3. The molecular weight excluding hydrogens is 651 g/mol. The lowest BCUT2D eigenvalue weighted by Crippen LogP contribution is -2.47. The van der Waals surface area contributed by atoms with Crippen molar-refractivity contribution in [1.29, 1.82) is 0 Å². The molecule has 0 heterocycles. The van der Waals surface area contributed by atoms with Gasteiger partial charge in [-0.05, 0) is 12.8 Å². The Kier molecular flexibility index (Phi) is 36.4. The third kappa shape index (κ3) is 34.5. The van der Waals surface area contributed by atoms with Gasteiger partial charge in [0.2, 0.25) is 5.91 Å². The average Bonchev–Trinajstić information content (AvgIpc) is 3.09. The fourth-order valence-corrected chi connectivity index (χ4v) is 7.29. The quantitative estimate of drug-likeness (QED) is 0.0308. The molecule has 0 fully saturated rings. The second kappa shape index (κ2) is 36.8. The van der Waals surface area contributed by atoms with Gasteiger partial charge < -0.3 is 26.2 Å². The molecule has 10 heteroatoms. The molecule has 1 amide bonds. The lowest BCUT2D eigenvalue weighted by molar-refractivity contribution is -0.125. The molecule has 0 saturated heterocycles. The number of rotatable bonds is 40. The Morgan fingerprint density at radius 1 is 0.600 bits per heavy atom. The first kappa shape index (κ1) is 49.5. The summed E-state index contributed by atoms with van der Waals surface area (Å²) in [5.74, 6) is -0.411. The topological polar surface area (TPSA) is 151 Å². The zero-order valence-electron chi connectivity index (χ0n) is 32.8. The molecule has 0 radical (unpaired) electrons. The van der Waals surface area contributed by atoms with Gasteiger partial charge in [0, 0.05) is 6.54 Å². The van der Waals surface area contributed by atoms with Crippen molar-refractivity contribution >= 4 is 13.7 Å². The lowest BCUT2D eigenvalue weighted by atomic mass is 10.0. The predicted molar refractivity (Wildman–Crippen MR) is 209 cm³/mol. The van der Waals surface area contributed by atoms with E-state index in [2.05, 4.69) is 19.2 Å². The Morgan fingerprint density at radius 2 is 0.960 bits per heavy atom. The molecule has 0 saturated carbocycles. The monoisotopic (exact) mass is 735 g/mol. The van der Waals surface area contributed by atoms with Crippen LogP contribution in [0.1, 0.15) is 213 Å². The zero-order chi connectivity index (χ0) is 37.0. The molecular formula is C40H83N2O7P. The summed E-state index contributed by atoms with van der Waals surface area (Å²) in [7, 11) is -4.36. The number of carbonyl (C=O) groups is 1. The van der Waals surface area contributed by atoms with Crippen LogP contribution in [0.5, 0.6) is 0 Å². The van der Waals surface area contributed by atoms with Crippen LogP contribution in [-0.2, 0) is 18.4 Å². The molecule has 0 aliphatic rings. The van der Waals surface area contributed by atoms with Gasteiger partial charge in [0.25, 0.3) is 0 Å². The number of nitrogens with two attached hydrogens (primary N) is 1. The van der Waals surface area contributed by atoms with Crippen LogP contribution in [0.3, 0.4) is 0 Å². The van der Waals surface area contributed by atoms with Crippen LogP contribution >= 0.6 is 7.82 Å². The van der Waals surface area contributed by atoms with E-state index in [1.54, 1.807) is 0 Å². The van der Waals surface area contributed by atoms with E-state index in [9.17, 15) is 24.5 Å². The molecule has 50 heavy (non-hydrogen) atoms. The van der Waals surface area contributed by atoms with Crippen molar-refractivity contribution in [2.24, 2.45) is 5.73 Å². The maximum atomic E-state index is 12.8. The first-order valence-corrected chi connectivity index (χ1v) is 22.7. The summed E-state index contributed by atoms with van der Waals surface area (Å²) in [4.78, 5) is 22.7. The van der Waals surface area contributed by atoms with Gasteiger partial charge in [-0.2, -0.15) is 0 Å². The second-order valence-corrected chi connectivity index (χ2v) is 16.2. The molecule has 0 aliphatic carbocycles. The number of phosphoric acid groups is 1. The van der Waals surface area contributed by atoms with E-state index in [-0.39, 0.29) is 26.2 Å². The molecule has 4 unspecified atom stereocenters. The van der Waals surface area contributed by atoms with E-state index < -0.39 is 32.0 Å². The van der Waals surface area contributed by atoms with Gasteiger partial charge in [-0.15, -0.1) is 0 Å². The van der Waals surface area contributed by atoms with Gasteiger partial charge in [-0.1, -0.05) is 194 Å². The molecule has 300 valence electrons. The summed E-state index contributed by atoms with van der Waals surface area (Å²) in [6.45, 7) is 4.03. The Labute approximate surface area is 308 Å². The number of hydrogen-bond acceptors (Lipinski definition) is 7. The second-order valence-electron chi connectivity index (χ2n) is 14.8. The maximum Gasteiger partial charge on any atom is 0.472 e. The van der Waals surface area contributed by atoms with E-state index in [0.717, 1.165) is 38.5 Å². The van der Waals surface area contributed by atoms with Crippen molar-refractivity contribution in [2.75, 3.05) is 19.8 Å². The molecule has 0 aromatic carbocycles. The number of carbonyl (C=O) groups excluding carboxylic acids is 1. The number of aliphatic hydroxyl groups is 2. The molecule has 9 nitrogen and oxygen atoms in total. The smallest absolute Gasteiger partial charge is 0.393 e. The number of phosphoric ester groups is 1. The van der Waals surface area contributed by atoms with Crippen LogP contribution in [0.25, 0.3) is 0 Å². The van der Waals surface area contributed by atoms with Crippen LogP contribution < -0.4 is 11.1 Å². The summed E-state index contributed by atoms with van der Waals surface area (Å²) in [5.41, 5.74) is 5.35. The molecule has 6 N–H and O–H groups in total. The Hall–Kier alpha value is -0.540. The van der Waals surface area contributed by atoms with Gasteiger partial charge in [0.05, 0.1) is 37.9 Å². The summed E-state index contributed by atoms with van der Waals surface area (Å²) >= 11 is 0. The van der Waals surface area contributed by atoms with Crippen molar-refractivity contribution in [3.63, 3.8) is 0 Å². The maximum absolute atomic E-state index is 12.8. The molecule has 0 aliphatic heterocycles. The van der Waals surface area contributed by atoms with E-state index >= 15 is 0 Å². The van der Waals surface area contributed by atoms with Crippen molar-refractivity contribution in [1.82, 2.24) is 5.32 Å². The highest BCUT2D eigenvalue weighted by Crippen LogP contribution is 2.43. The van der Waals surface area contributed by atoms with Crippen molar-refractivity contribution in [3.05, 3.63) is 0 Å². The Balaban J connectivity index is 4.12. The van der Waals surface area contributed by atoms with Gasteiger partial charge in [-0.25, -0.2) is 4.57 Å². The van der Waals surface area contributed by atoms with Crippen LogP contribution in [0.2, 0.25) is 0 Å². The normalized spacial score (nSPS) is 14.8. The van der Waals surface area contributed by atoms with E-state index in [4.69, 9.17) is 14.8 Å². The van der Waals surface area contributed by atoms with E-state index in [0.29, 0.717) is 12.8 Å². The Morgan fingerprint density at radius 3 is 1.34 bits per heavy atom. The van der Waals surface area contributed by atoms with Crippen LogP contribution in [0.15, 0.2) is 0 Å². The van der Waals surface area contributed by atoms with Crippen LogP contribution in [0, 0.1) is 0 Å². The number of aliphatic hydroxyl groups excluding tert-OH is 2. The fraction of sp³-hybridized carbons (Fsp3) is 0.975. The summed E-state index contributed by atoms with van der Waals surface area (Å²) in [6.07, 6.45) is 34.5. The van der Waals surface area contributed by atoms with Crippen molar-refractivity contribution in [3.8, 4) is 0 Å². The molecule has 0 spiro atoms. The molecule has 4 atom stereocenters. The van der Waals surface area contributed by atoms with E-state index in [1.807, 2.05) is 0 Å². The minimum atomic E-state index is -4.36. The van der Waals surface area contributed by atoms with Crippen molar-refractivity contribution in [2.45, 2.75) is 231 Å². The summed E-state index contributed by atoms with van der Waals surface area (Å²) in [5, 5.41) is 24.1. The lowest BCUT2D eigenvalue weighted by Gasteiger charge is -2.25. The third-order valence-corrected chi connectivity index (χ3v) is 10.7. The number of amides is 1. The highest BCUT2D eigenvalue weighted by atomic mass is 31.2. The molecule has 0 aromatic rings. The fourth-order valence-electron chi connectivity index (χ4n) is 6.53. The first-order valence-electron chi connectivity index (χ1n) is 21.2. The minimum absolute atomic E-state index is 0.0622. The highest BCUT2D eigenvalue weighted by Gasteiger charge is 2.28. The number of hydrogen-bond donors (Lipinski definition) is 5. The summed E-state index contributed by atoms with van der Waals surface area (Å²) < 4.78 is 22.0. The van der Waals surface area contributed by atoms with Crippen molar-refractivity contribution < 1.29 is 33.5 Å². The number of unbranched alkanes of at least 4 members (excludes halogenated alkanes) is 26. The van der Waals surface area contributed by atoms with Crippen LogP contribution in [0.4, 0.5) is 0 Å². The molecule has 0 rings (SSSR count). The van der Waals surface area contributed by atoms with Gasteiger partial charge in [-0.3, -0.25) is 13.8 Å². The van der Waals surface area contributed by atoms with Gasteiger partial charge >= 0.3 is 7.82 Å². The largest absolute Gasteiger partial charge is 0.472 e. The predicted octanol–water partition coefficient (Wildman–Crippen LogP) is 10.4. The number of nitrogens with one attached hydrogen (secondary N) is 1. The van der Waals surface area contributed by atoms with Crippen LogP contribution in [-0.4, -0.2) is 59.0 Å². The third-order valence-electron chi connectivity index (χ3n) is 9.77. The van der Waals surface area contributed by atoms with Gasteiger partial charge in [0.15, 0.2) is 0 Å². The standard InChI is InChI=1S/C40H83N2O7P/c1-3-5-7-9-11-13-14-15-16-17-18-19-20-21-22-24-25-27-29-31-37(43)35-40(45)42-38(36-49-50(46,47)48-34-33-41)39(44)32-30-28-26-23-12-10-8-6-4-2/h37-39,43-44H,3-36,41H2,1-2H3,(H,42,45)(H,46,47). The minimum Gasteiger partial charge on any atom is -0.393 e. The molecule has 0 bridgehead atoms.